The summed E-state index contributed by atoms with van der Waals surface area (Å²) in [5, 5.41) is 0.637. The maximum Gasteiger partial charge on any atom is 0.243 e. The molecule has 2 heterocycles. The third-order valence-corrected chi connectivity index (χ3v) is 4.62. The molecule has 1 fully saturated rings. The number of para-hydroxylation sites is 1. The number of carbonyl (C=O) groups is 1. The Hall–Kier alpha value is -2.82. The van der Waals surface area contributed by atoms with Crippen molar-refractivity contribution >= 4 is 16.8 Å². The maximum atomic E-state index is 12.9. The fourth-order valence-electron chi connectivity index (χ4n) is 3.18. The highest BCUT2D eigenvalue weighted by atomic mass is 16.3. The first-order valence-corrected chi connectivity index (χ1v) is 8.55. The van der Waals surface area contributed by atoms with Gasteiger partial charge in [0.05, 0.1) is 12.1 Å². The van der Waals surface area contributed by atoms with E-state index < -0.39 is 0 Å². The van der Waals surface area contributed by atoms with Crippen LogP contribution in [-0.4, -0.2) is 21.4 Å². The zero-order valence-corrected chi connectivity index (χ0v) is 14.1. The number of nitrogens with zero attached hydrogens (tertiary/aromatic N) is 2. The number of aromatic nitrogens is 1. The second-order valence-electron chi connectivity index (χ2n) is 6.59. The van der Waals surface area contributed by atoms with Gasteiger partial charge in [0.25, 0.3) is 0 Å². The number of pyridine rings is 1. The van der Waals surface area contributed by atoms with Crippen LogP contribution in [0.3, 0.4) is 0 Å². The van der Waals surface area contributed by atoms with Gasteiger partial charge in [-0.2, -0.15) is 0 Å². The zero-order valence-electron chi connectivity index (χ0n) is 14.1. The van der Waals surface area contributed by atoms with Crippen molar-refractivity contribution in [2.75, 3.05) is 0 Å². The van der Waals surface area contributed by atoms with Gasteiger partial charge in [-0.3, -0.25) is 9.59 Å². The van der Waals surface area contributed by atoms with Crippen LogP contribution >= 0.6 is 0 Å². The predicted octanol–water partition coefficient (Wildman–Crippen LogP) is 3.09. The number of hydrogen-bond acceptors (Lipinski definition) is 3. The third-order valence-electron chi connectivity index (χ3n) is 4.62. The van der Waals surface area contributed by atoms with Crippen molar-refractivity contribution in [3.63, 3.8) is 0 Å². The molecule has 128 valence electrons. The summed E-state index contributed by atoms with van der Waals surface area (Å²) in [6.45, 7) is 2.62. The number of furan rings is 1. The van der Waals surface area contributed by atoms with Crippen LogP contribution in [0.2, 0.25) is 0 Å². The average Bonchev–Trinajstić information content (AvgIpc) is 3.37. The van der Waals surface area contributed by atoms with Crippen molar-refractivity contribution in [2.45, 2.75) is 38.9 Å². The van der Waals surface area contributed by atoms with Crippen molar-refractivity contribution in [2.24, 2.45) is 0 Å². The summed E-state index contributed by atoms with van der Waals surface area (Å²) in [6, 6.07) is 13.0. The van der Waals surface area contributed by atoms with Crippen molar-refractivity contribution in [1.82, 2.24) is 9.47 Å². The van der Waals surface area contributed by atoms with E-state index >= 15 is 0 Å². The van der Waals surface area contributed by atoms with Gasteiger partial charge < -0.3 is 13.9 Å². The smallest absolute Gasteiger partial charge is 0.243 e. The van der Waals surface area contributed by atoms with E-state index in [0.29, 0.717) is 18.0 Å². The highest BCUT2D eigenvalue weighted by Crippen LogP contribution is 2.29. The van der Waals surface area contributed by atoms with Crippen molar-refractivity contribution < 1.29 is 9.21 Å². The van der Waals surface area contributed by atoms with Crippen LogP contribution in [0.4, 0.5) is 0 Å². The number of rotatable bonds is 5. The van der Waals surface area contributed by atoms with E-state index in [-0.39, 0.29) is 17.9 Å². The Morgan fingerprint density at radius 1 is 1.20 bits per heavy atom. The molecule has 1 aromatic carbocycles. The molecule has 2 aromatic heterocycles. The first-order valence-electron chi connectivity index (χ1n) is 8.55. The molecule has 0 spiro atoms. The summed E-state index contributed by atoms with van der Waals surface area (Å²) in [6.07, 6.45) is 3.78. The fourth-order valence-corrected chi connectivity index (χ4v) is 3.18. The van der Waals surface area contributed by atoms with Gasteiger partial charge in [0.1, 0.15) is 18.1 Å². The summed E-state index contributed by atoms with van der Waals surface area (Å²) < 4.78 is 7.49. The largest absolute Gasteiger partial charge is 0.464 e. The second kappa shape index (κ2) is 6.24. The van der Waals surface area contributed by atoms with Crippen molar-refractivity contribution in [1.29, 1.82) is 0 Å². The molecule has 3 aromatic rings. The number of amides is 1. The molecule has 0 bridgehead atoms. The van der Waals surface area contributed by atoms with Gasteiger partial charge in [0, 0.05) is 23.7 Å². The van der Waals surface area contributed by atoms with Gasteiger partial charge in [-0.05, 0) is 44.0 Å². The Bertz CT molecular complexity index is 982. The number of hydrogen-bond donors (Lipinski definition) is 0. The lowest BCUT2D eigenvalue weighted by atomic mass is 10.2. The molecule has 1 saturated carbocycles. The molecule has 0 radical (unpaired) electrons. The van der Waals surface area contributed by atoms with Crippen LogP contribution in [0, 0.1) is 6.92 Å². The van der Waals surface area contributed by atoms with Gasteiger partial charge in [-0.1, -0.05) is 12.1 Å². The lowest BCUT2D eigenvalue weighted by Gasteiger charge is -2.22. The molecule has 1 amide bonds. The van der Waals surface area contributed by atoms with Crippen LogP contribution in [0.1, 0.15) is 24.4 Å². The quantitative estimate of drug-likeness (QED) is 0.719. The van der Waals surface area contributed by atoms with E-state index in [1.807, 2.05) is 46.7 Å². The Labute approximate surface area is 145 Å². The van der Waals surface area contributed by atoms with E-state index in [1.54, 1.807) is 12.3 Å². The van der Waals surface area contributed by atoms with Crippen LogP contribution in [0.15, 0.2) is 57.9 Å². The minimum absolute atomic E-state index is 0.0237. The average molecular weight is 336 g/mol. The molecule has 1 aliphatic carbocycles. The predicted molar refractivity (Wildman–Crippen MR) is 95.2 cm³/mol. The number of fused-ring (bicyclic) bond motifs is 1. The minimum Gasteiger partial charge on any atom is -0.464 e. The van der Waals surface area contributed by atoms with Gasteiger partial charge in [-0.15, -0.1) is 0 Å². The van der Waals surface area contributed by atoms with Crippen LogP contribution in [0.25, 0.3) is 10.9 Å². The molecule has 0 unspecified atom stereocenters. The van der Waals surface area contributed by atoms with E-state index in [4.69, 9.17) is 4.42 Å². The molecule has 1 aliphatic rings. The normalized spacial score (nSPS) is 14.0. The molecule has 4 rings (SSSR count). The van der Waals surface area contributed by atoms with Crippen LogP contribution in [0.5, 0.6) is 0 Å². The van der Waals surface area contributed by atoms with Crippen molar-refractivity contribution in [3.8, 4) is 0 Å². The molecule has 0 atom stereocenters. The first kappa shape index (κ1) is 15.7. The van der Waals surface area contributed by atoms with Gasteiger partial charge in [0.2, 0.25) is 5.91 Å². The molecule has 5 nitrogen and oxygen atoms in total. The first-order chi connectivity index (χ1) is 12.1. The van der Waals surface area contributed by atoms with Crippen molar-refractivity contribution in [3.05, 3.63) is 70.4 Å². The highest BCUT2D eigenvalue weighted by Gasteiger charge is 2.33. The standard InChI is InChI=1S/C20H20N2O3/c1-14-6-9-16(25-14)12-22(15-7-8-15)20(24)13-21-11-10-19(23)17-4-2-3-5-18(17)21/h2-6,9-11,15H,7-8,12-13H2,1H3. The van der Waals surface area contributed by atoms with E-state index in [1.165, 1.54) is 6.07 Å². The summed E-state index contributed by atoms with van der Waals surface area (Å²) >= 11 is 0. The summed E-state index contributed by atoms with van der Waals surface area (Å²) in [5.41, 5.74) is 0.761. The molecule has 0 saturated heterocycles. The molecule has 5 heteroatoms. The molecular formula is C20H20N2O3. The molecule has 25 heavy (non-hydrogen) atoms. The third kappa shape index (κ3) is 3.22. The number of aryl methyl sites for hydroxylation is 1. The fraction of sp³-hybridized carbons (Fsp3) is 0.300. The minimum atomic E-state index is -0.0237. The maximum absolute atomic E-state index is 12.9. The van der Waals surface area contributed by atoms with E-state index in [9.17, 15) is 9.59 Å². The molecule has 0 aliphatic heterocycles. The zero-order chi connectivity index (χ0) is 17.4. The van der Waals surface area contributed by atoms with Gasteiger partial charge in [-0.25, -0.2) is 0 Å². The summed E-state index contributed by atoms with van der Waals surface area (Å²) in [5.74, 6) is 1.71. The lowest BCUT2D eigenvalue weighted by molar-refractivity contribution is -0.133. The van der Waals surface area contributed by atoms with Crippen LogP contribution in [-0.2, 0) is 17.9 Å². The van der Waals surface area contributed by atoms with E-state index in [2.05, 4.69) is 0 Å². The van der Waals surface area contributed by atoms with Gasteiger partial charge >= 0.3 is 0 Å². The molecular weight excluding hydrogens is 316 g/mol. The number of carbonyl (C=O) groups excluding carboxylic acids is 1. The highest BCUT2D eigenvalue weighted by molar-refractivity contribution is 5.82. The topological polar surface area (TPSA) is 55.5 Å². The van der Waals surface area contributed by atoms with Gasteiger partial charge in [0.15, 0.2) is 5.43 Å². The summed E-state index contributed by atoms with van der Waals surface area (Å²) in [7, 11) is 0. The monoisotopic (exact) mass is 336 g/mol. The second-order valence-corrected chi connectivity index (χ2v) is 6.59. The Kier molecular flexibility index (Phi) is 3.92. The Balaban J connectivity index is 1.60. The van der Waals surface area contributed by atoms with E-state index in [0.717, 1.165) is 29.9 Å². The number of benzene rings is 1. The SMILES string of the molecule is Cc1ccc(CN(C(=O)Cn2ccc(=O)c3ccccc32)C2CC2)o1. The summed E-state index contributed by atoms with van der Waals surface area (Å²) in [4.78, 5) is 26.8. The molecule has 0 N–H and O–H groups in total. The Morgan fingerprint density at radius 2 is 2.00 bits per heavy atom. The Morgan fingerprint density at radius 3 is 2.72 bits per heavy atom. The van der Waals surface area contributed by atoms with Crippen LogP contribution < -0.4 is 5.43 Å². The lowest BCUT2D eigenvalue weighted by Crippen LogP contribution is -2.35.